The molecule has 0 heterocycles. The zero-order valence-electron chi connectivity index (χ0n) is 7.63. The molecule has 0 bridgehead atoms. The molecule has 1 aliphatic carbocycles. The van der Waals surface area contributed by atoms with Gasteiger partial charge < -0.3 is 0 Å². The van der Waals surface area contributed by atoms with Crippen LogP contribution in [0.2, 0.25) is 0 Å². The maximum Gasteiger partial charge on any atom is 0.221 e. The molecule has 0 unspecified atom stereocenters. The Morgan fingerprint density at radius 3 is 2.38 bits per heavy atom. The molecule has 0 aromatic heterocycles. The molecular weight excluding hydrogens is 254 g/mol. The molecule has 13 heavy (non-hydrogen) atoms. The maximum atomic E-state index is 11.1. The summed E-state index contributed by atoms with van der Waals surface area (Å²) in [6, 6.07) is 0. The lowest BCUT2D eigenvalue weighted by Gasteiger charge is -2.21. The molecule has 78 valence electrons. The lowest BCUT2D eigenvalue weighted by molar-refractivity contribution is 0.357. The van der Waals surface area contributed by atoms with Crippen LogP contribution >= 0.6 is 15.9 Å². The number of sulfonamides is 1. The van der Waals surface area contributed by atoms with Gasteiger partial charge in [0.05, 0.1) is 0 Å². The molecule has 0 atom stereocenters. The van der Waals surface area contributed by atoms with Crippen molar-refractivity contribution in [3.8, 4) is 0 Å². The van der Waals surface area contributed by atoms with Gasteiger partial charge in [0.25, 0.3) is 0 Å². The number of hydrogen-bond acceptors (Lipinski definition) is 2. The molecule has 5 heteroatoms. The molecule has 0 saturated heterocycles. The minimum Gasteiger partial charge on any atom is -0.214 e. The second kappa shape index (κ2) is 5.32. The first kappa shape index (κ1) is 11.5. The van der Waals surface area contributed by atoms with Crippen molar-refractivity contribution < 1.29 is 8.42 Å². The average Bonchev–Trinajstić information content (AvgIpc) is 2.17. The third-order valence-electron chi connectivity index (χ3n) is 2.46. The lowest BCUT2D eigenvalue weighted by Crippen LogP contribution is -2.30. The van der Waals surface area contributed by atoms with Crippen LogP contribution in [0, 0.1) is 5.92 Å². The van der Waals surface area contributed by atoms with Crippen molar-refractivity contribution in [3.05, 3.63) is 0 Å². The highest BCUT2D eigenvalue weighted by molar-refractivity contribution is 9.10. The standard InChI is InChI=1S/C8H16BrNO2S/c9-7-13(11,12)10-6-8-4-2-1-3-5-8/h8,10H,1-7H2. The Hall–Kier alpha value is 0.390. The zero-order valence-corrected chi connectivity index (χ0v) is 10.0. The van der Waals surface area contributed by atoms with Crippen molar-refractivity contribution in [2.75, 3.05) is 11.2 Å². The van der Waals surface area contributed by atoms with Gasteiger partial charge in [-0.2, -0.15) is 0 Å². The van der Waals surface area contributed by atoms with E-state index in [1.165, 1.54) is 32.1 Å². The van der Waals surface area contributed by atoms with E-state index < -0.39 is 10.0 Å². The van der Waals surface area contributed by atoms with Crippen LogP contribution in [0.5, 0.6) is 0 Å². The molecule has 3 nitrogen and oxygen atoms in total. The quantitative estimate of drug-likeness (QED) is 0.792. The third-order valence-corrected chi connectivity index (χ3v) is 5.16. The Morgan fingerprint density at radius 1 is 1.23 bits per heavy atom. The molecule has 1 fully saturated rings. The largest absolute Gasteiger partial charge is 0.221 e. The topological polar surface area (TPSA) is 46.2 Å². The summed E-state index contributed by atoms with van der Waals surface area (Å²) in [4.78, 5) is 0. The number of nitrogens with one attached hydrogen (secondary N) is 1. The number of halogens is 1. The monoisotopic (exact) mass is 269 g/mol. The zero-order chi connectivity index (χ0) is 9.73. The second-order valence-corrected chi connectivity index (χ2v) is 6.69. The van der Waals surface area contributed by atoms with Gasteiger partial charge in [0, 0.05) is 6.54 Å². The summed E-state index contributed by atoms with van der Waals surface area (Å²) < 4.78 is 24.8. The van der Waals surface area contributed by atoms with Gasteiger partial charge in [-0.3, -0.25) is 0 Å². The second-order valence-electron chi connectivity index (χ2n) is 3.58. The Bertz CT molecular complexity index is 235. The molecule has 1 aliphatic rings. The van der Waals surface area contributed by atoms with Gasteiger partial charge >= 0.3 is 0 Å². The summed E-state index contributed by atoms with van der Waals surface area (Å²) in [6.45, 7) is 0.619. The van der Waals surface area contributed by atoms with Gasteiger partial charge in [-0.1, -0.05) is 35.2 Å². The van der Waals surface area contributed by atoms with Crippen molar-refractivity contribution in [3.63, 3.8) is 0 Å². The van der Waals surface area contributed by atoms with Crippen molar-refractivity contribution in [2.24, 2.45) is 5.92 Å². The summed E-state index contributed by atoms with van der Waals surface area (Å²) in [5.41, 5.74) is 0. The molecule has 1 rings (SSSR count). The van der Waals surface area contributed by atoms with Crippen molar-refractivity contribution in [2.45, 2.75) is 32.1 Å². The van der Waals surface area contributed by atoms with Gasteiger partial charge in [-0.05, 0) is 18.8 Å². The van der Waals surface area contributed by atoms with E-state index >= 15 is 0 Å². The fourth-order valence-electron chi connectivity index (χ4n) is 1.67. The van der Waals surface area contributed by atoms with E-state index in [0.29, 0.717) is 12.5 Å². The van der Waals surface area contributed by atoms with Crippen LogP contribution < -0.4 is 4.72 Å². The number of hydrogen-bond donors (Lipinski definition) is 1. The van der Waals surface area contributed by atoms with Crippen LogP contribution in [0.4, 0.5) is 0 Å². The summed E-state index contributed by atoms with van der Waals surface area (Å²) >= 11 is 2.95. The average molecular weight is 270 g/mol. The molecule has 0 aromatic rings. The van der Waals surface area contributed by atoms with Gasteiger partial charge in [0.1, 0.15) is 4.66 Å². The predicted molar refractivity (Wildman–Crippen MR) is 57.3 cm³/mol. The highest BCUT2D eigenvalue weighted by Crippen LogP contribution is 2.22. The van der Waals surface area contributed by atoms with E-state index in [4.69, 9.17) is 0 Å². The fraction of sp³-hybridized carbons (Fsp3) is 1.00. The molecule has 0 aromatic carbocycles. The van der Waals surface area contributed by atoms with E-state index in [-0.39, 0.29) is 4.66 Å². The van der Waals surface area contributed by atoms with E-state index in [1.54, 1.807) is 0 Å². The Kier molecular flexibility index (Phi) is 4.69. The van der Waals surface area contributed by atoms with Gasteiger partial charge in [-0.25, -0.2) is 13.1 Å². The molecule has 0 amide bonds. The third kappa shape index (κ3) is 4.42. The Morgan fingerprint density at radius 2 is 1.85 bits per heavy atom. The van der Waals surface area contributed by atoms with Gasteiger partial charge in [0.15, 0.2) is 0 Å². The predicted octanol–water partition coefficient (Wildman–Crippen LogP) is 1.84. The van der Waals surface area contributed by atoms with Crippen LogP contribution in [0.1, 0.15) is 32.1 Å². The molecule has 1 N–H and O–H groups in total. The van der Waals surface area contributed by atoms with E-state index in [2.05, 4.69) is 20.7 Å². The summed E-state index contributed by atoms with van der Waals surface area (Å²) in [7, 11) is -3.05. The smallest absolute Gasteiger partial charge is 0.214 e. The van der Waals surface area contributed by atoms with Crippen LogP contribution in [0.3, 0.4) is 0 Å². The van der Waals surface area contributed by atoms with Crippen LogP contribution in [-0.2, 0) is 10.0 Å². The van der Waals surface area contributed by atoms with Crippen LogP contribution in [-0.4, -0.2) is 19.6 Å². The van der Waals surface area contributed by atoms with Crippen molar-refractivity contribution >= 4 is 26.0 Å². The number of rotatable bonds is 4. The molecular formula is C8H16BrNO2S. The summed E-state index contributed by atoms with van der Waals surface area (Å²) in [6.07, 6.45) is 6.15. The SMILES string of the molecule is O=S(=O)(CBr)NCC1CCCCC1. The minimum atomic E-state index is -3.05. The molecule has 0 radical (unpaired) electrons. The fourth-order valence-corrected chi connectivity index (χ4v) is 2.73. The Balaban J connectivity index is 2.25. The van der Waals surface area contributed by atoms with E-state index in [0.717, 1.165) is 0 Å². The highest BCUT2D eigenvalue weighted by atomic mass is 79.9. The highest BCUT2D eigenvalue weighted by Gasteiger charge is 2.15. The first-order chi connectivity index (χ1) is 6.14. The molecule has 0 spiro atoms. The maximum absolute atomic E-state index is 11.1. The van der Waals surface area contributed by atoms with Crippen molar-refractivity contribution in [1.29, 1.82) is 0 Å². The van der Waals surface area contributed by atoms with Gasteiger partial charge in [-0.15, -0.1) is 0 Å². The van der Waals surface area contributed by atoms with Crippen molar-refractivity contribution in [1.82, 2.24) is 4.72 Å². The minimum absolute atomic E-state index is 0.00667. The van der Waals surface area contributed by atoms with E-state index in [9.17, 15) is 8.42 Å². The Labute approximate surface area is 88.5 Å². The number of alkyl halides is 1. The summed E-state index contributed by atoms with van der Waals surface area (Å²) in [5.74, 6) is 0.558. The van der Waals surface area contributed by atoms with Crippen LogP contribution in [0.15, 0.2) is 0 Å². The molecule has 1 saturated carbocycles. The van der Waals surface area contributed by atoms with Crippen LogP contribution in [0.25, 0.3) is 0 Å². The first-order valence-electron chi connectivity index (χ1n) is 4.67. The molecule has 0 aliphatic heterocycles. The normalized spacial score (nSPS) is 20.4. The van der Waals surface area contributed by atoms with E-state index in [1.807, 2.05) is 0 Å². The first-order valence-corrected chi connectivity index (χ1v) is 7.45. The summed E-state index contributed by atoms with van der Waals surface area (Å²) in [5, 5.41) is 0. The lowest BCUT2D eigenvalue weighted by atomic mass is 9.90. The van der Waals surface area contributed by atoms with Gasteiger partial charge in [0.2, 0.25) is 10.0 Å².